The van der Waals surface area contributed by atoms with Gasteiger partial charge in [-0.2, -0.15) is 0 Å². The fourth-order valence-corrected chi connectivity index (χ4v) is 1.97. The van der Waals surface area contributed by atoms with Crippen molar-refractivity contribution >= 4 is 16.7 Å². The molecular formula is C12H8O3. The number of aliphatic hydroxyl groups excluding tert-OH is 1. The third-order valence-corrected chi connectivity index (χ3v) is 2.64. The Morgan fingerprint density at radius 2 is 1.87 bits per heavy atom. The molecule has 3 rings (SSSR count). The van der Waals surface area contributed by atoms with Gasteiger partial charge >= 0.3 is 5.97 Å². The van der Waals surface area contributed by atoms with Gasteiger partial charge in [0, 0.05) is 10.9 Å². The van der Waals surface area contributed by atoms with Crippen LogP contribution in [0.3, 0.4) is 0 Å². The third-order valence-electron chi connectivity index (χ3n) is 2.64. The molecule has 0 aromatic heterocycles. The van der Waals surface area contributed by atoms with E-state index in [4.69, 9.17) is 4.74 Å². The van der Waals surface area contributed by atoms with E-state index in [1.54, 1.807) is 18.2 Å². The van der Waals surface area contributed by atoms with Crippen molar-refractivity contribution in [1.82, 2.24) is 0 Å². The van der Waals surface area contributed by atoms with Gasteiger partial charge in [0.05, 0.1) is 5.56 Å². The molecule has 1 heterocycles. The molecule has 2 aromatic carbocycles. The molecule has 1 aliphatic heterocycles. The second-order valence-electron chi connectivity index (χ2n) is 3.51. The van der Waals surface area contributed by atoms with E-state index in [1.165, 1.54) is 0 Å². The van der Waals surface area contributed by atoms with E-state index in [0.717, 1.165) is 10.8 Å². The Bertz CT molecular complexity index is 555. The molecular weight excluding hydrogens is 192 g/mol. The predicted octanol–water partition coefficient (Wildman–Crippen LogP) is 2.00. The topological polar surface area (TPSA) is 46.5 Å². The molecule has 3 nitrogen and oxygen atoms in total. The molecule has 74 valence electrons. The van der Waals surface area contributed by atoms with Crippen LogP contribution >= 0.6 is 0 Å². The highest BCUT2D eigenvalue weighted by Crippen LogP contribution is 2.33. The second kappa shape index (κ2) is 2.81. The molecule has 0 saturated heterocycles. The lowest BCUT2D eigenvalue weighted by atomic mass is 9.97. The maximum atomic E-state index is 11.5. The Balaban J connectivity index is 2.50. The number of ether oxygens (including phenoxy) is 1. The van der Waals surface area contributed by atoms with Gasteiger partial charge in [0.25, 0.3) is 0 Å². The molecule has 0 fully saturated rings. The zero-order valence-electron chi connectivity index (χ0n) is 7.81. The van der Waals surface area contributed by atoms with Gasteiger partial charge in [-0.15, -0.1) is 0 Å². The summed E-state index contributed by atoms with van der Waals surface area (Å²) in [5, 5.41) is 11.3. The maximum Gasteiger partial charge on any atom is 0.341 e. The zero-order valence-corrected chi connectivity index (χ0v) is 7.81. The third kappa shape index (κ3) is 1.07. The molecule has 3 heteroatoms. The summed E-state index contributed by atoms with van der Waals surface area (Å²) >= 11 is 0. The van der Waals surface area contributed by atoms with Gasteiger partial charge in [-0.3, -0.25) is 0 Å². The van der Waals surface area contributed by atoms with Gasteiger partial charge in [0.2, 0.25) is 6.29 Å². The van der Waals surface area contributed by atoms with Gasteiger partial charge in [0.15, 0.2) is 0 Å². The SMILES string of the molecule is O=C1OC(O)c2cccc3cccc1c23. The first-order chi connectivity index (χ1) is 7.27. The van der Waals surface area contributed by atoms with Crippen LogP contribution in [-0.2, 0) is 4.74 Å². The summed E-state index contributed by atoms with van der Waals surface area (Å²) in [5.74, 6) is -0.466. The number of hydrogen-bond donors (Lipinski definition) is 1. The van der Waals surface area contributed by atoms with Crippen LogP contribution < -0.4 is 0 Å². The molecule has 15 heavy (non-hydrogen) atoms. The van der Waals surface area contributed by atoms with E-state index in [2.05, 4.69) is 0 Å². The van der Waals surface area contributed by atoms with Gasteiger partial charge < -0.3 is 9.84 Å². The van der Waals surface area contributed by atoms with Crippen LogP contribution in [0.25, 0.3) is 10.8 Å². The van der Waals surface area contributed by atoms with Crippen LogP contribution in [0.15, 0.2) is 36.4 Å². The summed E-state index contributed by atoms with van der Waals surface area (Å²) in [5.41, 5.74) is 1.18. The van der Waals surface area contributed by atoms with E-state index in [-0.39, 0.29) is 0 Å². The number of carbonyl (C=O) groups excluding carboxylic acids is 1. The van der Waals surface area contributed by atoms with Crippen molar-refractivity contribution in [2.24, 2.45) is 0 Å². The molecule has 1 N–H and O–H groups in total. The van der Waals surface area contributed by atoms with Crippen molar-refractivity contribution in [2.45, 2.75) is 6.29 Å². The monoisotopic (exact) mass is 200 g/mol. The highest BCUT2D eigenvalue weighted by atomic mass is 16.6. The van der Waals surface area contributed by atoms with Crippen molar-refractivity contribution in [2.75, 3.05) is 0 Å². The maximum absolute atomic E-state index is 11.5. The molecule has 0 aliphatic carbocycles. The van der Waals surface area contributed by atoms with Crippen molar-refractivity contribution in [3.63, 3.8) is 0 Å². The zero-order chi connectivity index (χ0) is 10.4. The van der Waals surface area contributed by atoms with Crippen LogP contribution in [0.1, 0.15) is 22.2 Å². The highest BCUT2D eigenvalue weighted by molar-refractivity contribution is 6.07. The largest absolute Gasteiger partial charge is 0.428 e. The first-order valence-electron chi connectivity index (χ1n) is 4.68. The molecule has 0 bridgehead atoms. The van der Waals surface area contributed by atoms with E-state index in [0.29, 0.717) is 11.1 Å². The summed E-state index contributed by atoms with van der Waals surface area (Å²) in [6.45, 7) is 0. The number of carbonyl (C=O) groups is 1. The van der Waals surface area contributed by atoms with Crippen LogP contribution in [0, 0.1) is 0 Å². The van der Waals surface area contributed by atoms with Crippen molar-refractivity contribution in [1.29, 1.82) is 0 Å². The first-order valence-corrected chi connectivity index (χ1v) is 4.68. The average molecular weight is 200 g/mol. The van der Waals surface area contributed by atoms with E-state index >= 15 is 0 Å². The molecule has 0 amide bonds. The van der Waals surface area contributed by atoms with Crippen LogP contribution in [0.4, 0.5) is 0 Å². The summed E-state index contributed by atoms with van der Waals surface area (Å²) < 4.78 is 4.82. The van der Waals surface area contributed by atoms with Crippen molar-refractivity contribution in [3.8, 4) is 0 Å². The van der Waals surface area contributed by atoms with E-state index in [1.807, 2.05) is 18.2 Å². The fourth-order valence-electron chi connectivity index (χ4n) is 1.97. The number of rotatable bonds is 0. The van der Waals surface area contributed by atoms with Gasteiger partial charge in [0.1, 0.15) is 0 Å². The Morgan fingerprint density at radius 3 is 2.67 bits per heavy atom. The molecule has 0 radical (unpaired) electrons. The summed E-state index contributed by atoms with van der Waals surface area (Å²) in [6.07, 6.45) is -1.14. The number of hydrogen-bond acceptors (Lipinski definition) is 3. The van der Waals surface area contributed by atoms with Gasteiger partial charge in [-0.05, 0) is 11.5 Å². The van der Waals surface area contributed by atoms with Crippen LogP contribution in [0.5, 0.6) is 0 Å². The van der Waals surface area contributed by atoms with Crippen molar-refractivity contribution < 1.29 is 14.6 Å². The number of esters is 1. The summed E-state index contributed by atoms with van der Waals surface area (Å²) in [7, 11) is 0. The van der Waals surface area contributed by atoms with Crippen LogP contribution in [-0.4, -0.2) is 11.1 Å². The number of aliphatic hydroxyl groups is 1. The predicted molar refractivity (Wildman–Crippen MR) is 54.3 cm³/mol. The molecule has 1 aliphatic rings. The number of cyclic esters (lactones) is 1. The minimum atomic E-state index is -1.14. The second-order valence-corrected chi connectivity index (χ2v) is 3.51. The van der Waals surface area contributed by atoms with Gasteiger partial charge in [-0.25, -0.2) is 4.79 Å². The minimum Gasteiger partial charge on any atom is -0.428 e. The average Bonchev–Trinajstić information content (AvgIpc) is 2.25. The highest BCUT2D eigenvalue weighted by Gasteiger charge is 2.26. The van der Waals surface area contributed by atoms with E-state index < -0.39 is 12.3 Å². The van der Waals surface area contributed by atoms with Gasteiger partial charge in [-0.1, -0.05) is 30.3 Å². The standard InChI is InChI=1S/C12H8O3/c13-11-8-5-1-3-7-4-2-6-9(10(7)8)12(14)15-11/h1-6,11,13H. The quantitative estimate of drug-likeness (QED) is 0.661. The molecule has 1 atom stereocenters. The molecule has 2 aromatic rings. The Labute approximate surface area is 85.9 Å². The summed E-state index contributed by atoms with van der Waals surface area (Å²) in [6, 6.07) is 10.9. The number of benzene rings is 2. The lowest BCUT2D eigenvalue weighted by Gasteiger charge is -2.21. The summed E-state index contributed by atoms with van der Waals surface area (Å²) in [4.78, 5) is 11.5. The lowest BCUT2D eigenvalue weighted by Crippen LogP contribution is -2.17. The molecule has 0 spiro atoms. The first kappa shape index (κ1) is 8.44. The normalized spacial score (nSPS) is 19.0. The molecule has 1 unspecified atom stereocenters. The van der Waals surface area contributed by atoms with Crippen molar-refractivity contribution in [3.05, 3.63) is 47.5 Å². The lowest BCUT2D eigenvalue weighted by molar-refractivity contribution is -0.0686. The Hall–Kier alpha value is -1.87. The minimum absolute atomic E-state index is 0.466. The van der Waals surface area contributed by atoms with E-state index in [9.17, 15) is 9.90 Å². The Morgan fingerprint density at radius 1 is 1.13 bits per heavy atom. The fraction of sp³-hybridized carbons (Fsp3) is 0.0833. The molecule has 0 saturated carbocycles. The smallest absolute Gasteiger partial charge is 0.341 e. The Kier molecular flexibility index (Phi) is 1.58. The van der Waals surface area contributed by atoms with Crippen LogP contribution in [0.2, 0.25) is 0 Å².